The van der Waals surface area contributed by atoms with Crippen LogP contribution < -0.4 is 10.6 Å². The van der Waals surface area contributed by atoms with Gasteiger partial charge < -0.3 is 15.4 Å². The highest BCUT2D eigenvalue weighted by Crippen LogP contribution is 2.19. The molecule has 1 aliphatic carbocycles. The molecule has 2 rings (SSSR count). The van der Waals surface area contributed by atoms with Crippen molar-refractivity contribution in [1.82, 2.24) is 25.4 Å². The summed E-state index contributed by atoms with van der Waals surface area (Å²) in [5.74, 6) is 1.68. The molecule has 0 unspecified atom stereocenters. The predicted octanol–water partition coefficient (Wildman–Crippen LogP) is 3.01. The molecule has 8 heteroatoms. The smallest absolute Gasteiger partial charge is 0.191 e. The lowest BCUT2D eigenvalue weighted by Gasteiger charge is -2.15. The zero-order valence-corrected chi connectivity index (χ0v) is 18.6. The lowest BCUT2D eigenvalue weighted by molar-refractivity contribution is 0.0411. The topological polar surface area (TPSA) is 76.4 Å². The summed E-state index contributed by atoms with van der Waals surface area (Å²) in [5, 5.41) is 10.7. The van der Waals surface area contributed by atoms with Crippen molar-refractivity contribution in [2.45, 2.75) is 70.9 Å². The van der Waals surface area contributed by atoms with Gasteiger partial charge >= 0.3 is 0 Å². The third-order valence-electron chi connectivity index (χ3n) is 4.55. The standard InChI is InChI=1S/C18H34N6O.HI/c1-3-19-18(21-14-17-22-15-23-24(17)2)20-12-8-9-13-25-16-10-6-4-5-7-11-16;/h15-16H,3-14H2,1-2H3,(H2,19,20,21);1H. The summed E-state index contributed by atoms with van der Waals surface area (Å²) in [6.07, 6.45) is 12.2. The van der Waals surface area contributed by atoms with E-state index in [1.165, 1.54) is 38.5 Å². The first-order chi connectivity index (χ1) is 12.3. The molecule has 1 fully saturated rings. The maximum atomic E-state index is 6.04. The summed E-state index contributed by atoms with van der Waals surface area (Å²) in [5.41, 5.74) is 0. The van der Waals surface area contributed by atoms with Crippen LogP contribution in [0.5, 0.6) is 0 Å². The Morgan fingerprint density at radius 2 is 2.00 bits per heavy atom. The van der Waals surface area contributed by atoms with E-state index in [-0.39, 0.29) is 24.0 Å². The van der Waals surface area contributed by atoms with Gasteiger partial charge in [-0.25, -0.2) is 9.98 Å². The van der Waals surface area contributed by atoms with Crippen LogP contribution in [-0.4, -0.2) is 46.5 Å². The van der Waals surface area contributed by atoms with Crippen LogP contribution in [0.4, 0.5) is 0 Å². The van der Waals surface area contributed by atoms with E-state index in [0.717, 1.165) is 44.3 Å². The molecule has 1 aromatic heterocycles. The van der Waals surface area contributed by atoms with Crippen molar-refractivity contribution < 1.29 is 4.74 Å². The van der Waals surface area contributed by atoms with Crippen LogP contribution in [0.3, 0.4) is 0 Å². The van der Waals surface area contributed by atoms with Gasteiger partial charge in [0, 0.05) is 26.7 Å². The number of hydrogen-bond acceptors (Lipinski definition) is 4. The molecule has 1 saturated carbocycles. The van der Waals surface area contributed by atoms with Crippen LogP contribution in [0, 0.1) is 0 Å². The van der Waals surface area contributed by atoms with Crippen LogP contribution in [0.2, 0.25) is 0 Å². The number of aliphatic imine (C=N–C) groups is 1. The largest absolute Gasteiger partial charge is 0.378 e. The van der Waals surface area contributed by atoms with Gasteiger partial charge in [0.1, 0.15) is 18.7 Å². The summed E-state index contributed by atoms with van der Waals surface area (Å²) < 4.78 is 7.78. The number of ether oxygens (including phenoxy) is 1. The minimum absolute atomic E-state index is 0. The van der Waals surface area contributed by atoms with Crippen molar-refractivity contribution in [3.8, 4) is 0 Å². The number of guanidine groups is 1. The Labute approximate surface area is 174 Å². The van der Waals surface area contributed by atoms with Crippen LogP contribution in [-0.2, 0) is 18.3 Å². The second-order valence-electron chi connectivity index (χ2n) is 6.61. The Kier molecular flexibility index (Phi) is 12.6. The maximum absolute atomic E-state index is 6.04. The monoisotopic (exact) mass is 478 g/mol. The summed E-state index contributed by atoms with van der Waals surface area (Å²) in [7, 11) is 1.88. The van der Waals surface area contributed by atoms with Crippen molar-refractivity contribution >= 4 is 29.9 Å². The number of nitrogens with zero attached hydrogens (tertiary/aromatic N) is 4. The molecular weight excluding hydrogens is 443 g/mol. The Bertz CT molecular complexity index is 500. The molecule has 7 nitrogen and oxygen atoms in total. The number of unbranched alkanes of at least 4 members (excludes halogenated alkanes) is 1. The van der Waals surface area contributed by atoms with Crippen molar-refractivity contribution in [3.05, 3.63) is 12.2 Å². The van der Waals surface area contributed by atoms with Crippen LogP contribution in [0.25, 0.3) is 0 Å². The summed E-state index contributed by atoms with van der Waals surface area (Å²) >= 11 is 0. The first-order valence-electron chi connectivity index (χ1n) is 9.76. The molecule has 0 radical (unpaired) electrons. The quantitative estimate of drug-likeness (QED) is 0.188. The molecule has 1 aliphatic rings. The minimum atomic E-state index is 0. The lowest BCUT2D eigenvalue weighted by Crippen LogP contribution is -2.37. The molecule has 0 atom stereocenters. The van der Waals surface area contributed by atoms with Crippen LogP contribution in [0.15, 0.2) is 11.3 Å². The molecule has 0 saturated heterocycles. The van der Waals surface area contributed by atoms with Gasteiger partial charge in [-0.1, -0.05) is 25.7 Å². The maximum Gasteiger partial charge on any atom is 0.191 e. The fourth-order valence-electron chi connectivity index (χ4n) is 3.05. The molecule has 2 N–H and O–H groups in total. The molecule has 1 heterocycles. The number of rotatable bonds is 9. The van der Waals surface area contributed by atoms with Gasteiger partial charge in [0.25, 0.3) is 0 Å². The van der Waals surface area contributed by atoms with Gasteiger partial charge in [0.15, 0.2) is 5.96 Å². The number of aromatic nitrogens is 3. The van der Waals surface area contributed by atoms with E-state index in [1.807, 2.05) is 7.05 Å². The van der Waals surface area contributed by atoms with E-state index in [0.29, 0.717) is 12.6 Å². The Morgan fingerprint density at radius 3 is 2.65 bits per heavy atom. The number of hydrogen-bond donors (Lipinski definition) is 2. The van der Waals surface area contributed by atoms with Crippen molar-refractivity contribution in [3.63, 3.8) is 0 Å². The first-order valence-corrected chi connectivity index (χ1v) is 9.76. The number of nitrogens with one attached hydrogen (secondary N) is 2. The molecule has 0 spiro atoms. The second-order valence-corrected chi connectivity index (χ2v) is 6.61. The van der Waals surface area contributed by atoms with E-state index in [2.05, 4.69) is 32.6 Å². The zero-order valence-electron chi connectivity index (χ0n) is 16.2. The summed E-state index contributed by atoms with van der Waals surface area (Å²) in [4.78, 5) is 8.75. The first kappa shape index (κ1) is 23.1. The van der Waals surface area contributed by atoms with E-state index in [4.69, 9.17) is 4.74 Å². The SMILES string of the molecule is CCNC(=NCc1ncnn1C)NCCCCOC1CCCCCC1.I. The molecule has 150 valence electrons. The third kappa shape index (κ3) is 9.16. The third-order valence-corrected chi connectivity index (χ3v) is 4.55. The van der Waals surface area contributed by atoms with E-state index in [1.54, 1.807) is 11.0 Å². The fourth-order valence-corrected chi connectivity index (χ4v) is 3.05. The fraction of sp³-hybridized carbons (Fsp3) is 0.833. The van der Waals surface area contributed by atoms with Crippen LogP contribution >= 0.6 is 24.0 Å². The Morgan fingerprint density at radius 1 is 1.23 bits per heavy atom. The second kappa shape index (κ2) is 14.2. The predicted molar refractivity (Wildman–Crippen MR) is 116 cm³/mol. The molecule has 0 aliphatic heterocycles. The molecule has 0 bridgehead atoms. The molecular formula is C18H35IN6O. The Balaban J connectivity index is 0.00000338. The molecule has 0 aromatic carbocycles. The zero-order chi connectivity index (χ0) is 17.7. The van der Waals surface area contributed by atoms with Gasteiger partial charge in [-0.15, -0.1) is 24.0 Å². The summed E-state index contributed by atoms with van der Waals surface area (Å²) in [6.45, 7) is 5.21. The molecule has 1 aromatic rings. The van der Waals surface area contributed by atoms with Gasteiger partial charge in [-0.3, -0.25) is 4.68 Å². The summed E-state index contributed by atoms with van der Waals surface area (Å²) in [6, 6.07) is 0. The van der Waals surface area contributed by atoms with E-state index < -0.39 is 0 Å². The van der Waals surface area contributed by atoms with Crippen molar-refractivity contribution in [1.29, 1.82) is 0 Å². The van der Waals surface area contributed by atoms with E-state index >= 15 is 0 Å². The minimum Gasteiger partial charge on any atom is -0.378 e. The number of aryl methyl sites for hydroxylation is 1. The molecule has 0 amide bonds. The highest BCUT2D eigenvalue weighted by atomic mass is 127. The molecule has 26 heavy (non-hydrogen) atoms. The average molecular weight is 478 g/mol. The van der Waals surface area contributed by atoms with Gasteiger partial charge in [0.2, 0.25) is 0 Å². The van der Waals surface area contributed by atoms with Gasteiger partial charge in [-0.05, 0) is 32.6 Å². The average Bonchev–Trinajstić information content (AvgIpc) is 2.85. The Hall–Kier alpha value is -0.900. The van der Waals surface area contributed by atoms with Crippen molar-refractivity contribution in [2.75, 3.05) is 19.7 Å². The highest BCUT2D eigenvalue weighted by molar-refractivity contribution is 14.0. The van der Waals surface area contributed by atoms with E-state index in [9.17, 15) is 0 Å². The normalized spacial score (nSPS) is 16.0. The number of halogens is 1. The van der Waals surface area contributed by atoms with Crippen LogP contribution in [0.1, 0.15) is 64.1 Å². The lowest BCUT2D eigenvalue weighted by atomic mass is 10.1. The van der Waals surface area contributed by atoms with Gasteiger partial charge in [-0.2, -0.15) is 5.10 Å². The van der Waals surface area contributed by atoms with Gasteiger partial charge in [0.05, 0.1) is 6.10 Å². The highest BCUT2D eigenvalue weighted by Gasteiger charge is 2.11. The van der Waals surface area contributed by atoms with Crippen molar-refractivity contribution in [2.24, 2.45) is 12.0 Å².